The van der Waals surface area contributed by atoms with Crippen LogP contribution in [0.3, 0.4) is 0 Å². The van der Waals surface area contributed by atoms with Crippen LogP contribution >= 0.6 is 0 Å². The van der Waals surface area contributed by atoms with E-state index in [0.29, 0.717) is 5.71 Å². The fraction of sp³-hybridized carbons (Fsp3) is 0.0667. The first kappa shape index (κ1) is 30.1. The van der Waals surface area contributed by atoms with E-state index >= 15 is 0 Å². The monoisotopic (exact) mass is 632 g/mol. The molecule has 49 heavy (non-hydrogen) atoms. The van der Waals surface area contributed by atoms with Gasteiger partial charge in [0.15, 0.2) is 0 Å². The summed E-state index contributed by atoms with van der Waals surface area (Å²) in [6.45, 7) is 4.64. The lowest BCUT2D eigenvalue weighted by molar-refractivity contribution is 0.660. The Morgan fingerprint density at radius 1 is 0.571 bits per heavy atom. The standard InChI is InChI=1S/C45H36N4/c1-45(2)41-17-8-6-15-38(41)40-30-37(23-24-42(40)45)49(35-13-4-3-5-14-35)36-21-19-31(20-22-36)32-11-10-12-33(29-32)44(46)39-16-7-9-18-43(39)48-34-25-27-47-28-26-34/h3-30,46H,1-2H3,(H,47,48). The highest BCUT2D eigenvalue weighted by molar-refractivity contribution is 6.14. The van der Waals surface area contributed by atoms with E-state index in [4.69, 9.17) is 0 Å². The fourth-order valence-electron chi connectivity index (χ4n) is 7.09. The Labute approximate surface area is 287 Å². The zero-order valence-electron chi connectivity index (χ0n) is 27.6. The predicted molar refractivity (Wildman–Crippen MR) is 204 cm³/mol. The molecular weight excluding hydrogens is 597 g/mol. The lowest BCUT2D eigenvalue weighted by Crippen LogP contribution is -2.15. The van der Waals surface area contributed by atoms with E-state index in [9.17, 15) is 5.41 Å². The van der Waals surface area contributed by atoms with Crippen molar-refractivity contribution in [3.8, 4) is 22.3 Å². The van der Waals surface area contributed by atoms with Crippen molar-refractivity contribution < 1.29 is 0 Å². The van der Waals surface area contributed by atoms with E-state index in [2.05, 4.69) is 138 Å². The van der Waals surface area contributed by atoms with Crippen molar-refractivity contribution in [1.29, 1.82) is 5.41 Å². The first-order valence-electron chi connectivity index (χ1n) is 16.6. The molecule has 0 fully saturated rings. The molecule has 1 aliphatic carbocycles. The Hall–Kier alpha value is -6.26. The van der Waals surface area contributed by atoms with E-state index in [1.54, 1.807) is 12.4 Å². The molecule has 0 aliphatic heterocycles. The highest BCUT2D eigenvalue weighted by atomic mass is 15.1. The van der Waals surface area contributed by atoms with Crippen molar-refractivity contribution in [1.82, 2.24) is 4.98 Å². The third-order valence-electron chi connectivity index (χ3n) is 9.61. The van der Waals surface area contributed by atoms with Crippen LogP contribution in [0, 0.1) is 5.41 Å². The average Bonchev–Trinajstić information content (AvgIpc) is 3.38. The highest BCUT2D eigenvalue weighted by Gasteiger charge is 2.35. The number of hydrogen-bond acceptors (Lipinski definition) is 4. The molecule has 236 valence electrons. The molecular formula is C45H36N4. The summed E-state index contributed by atoms with van der Waals surface area (Å²) < 4.78 is 0. The molecule has 0 amide bonds. The van der Waals surface area contributed by atoms with E-state index < -0.39 is 0 Å². The van der Waals surface area contributed by atoms with Crippen molar-refractivity contribution in [2.24, 2.45) is 0 Å². The van der Waals surface area contributed by atoms with Gasteiger partial charge in [-0.1, -0.05) is 111 Å². The second kappa shape index (κ2) is 12.4. The van der Waals surface area contributed by atoms with Crippen LogP contribution in [0.2, 0.25) is 0 Å². The fourth-order valence-corrected chi connectivity index (χ4v) is 7.09. The maximum Gasteiger partial charge on any atom is 0.0705 e. The minimum atomic E-state index is -0.0350. The average molecular weight is 633 g/mol. The van der Waals surface area contributed by atoms with Gasteiger partial charge in [-0.3, -0.25) is 10.4 Å². The number of para-hydroxylation sites is 2. The molecule has 1 aliphatic rings. The van der Waals surface area contributed by atoms with Gasteiger partial charge in [0.2, 0.25) is 0 Å². The summed E-state index contributed by atoms with van der Waals surface area (Å²) in [5, 5.41) is 12.6. The van der Waals surface area contributed by atoms with Crippen LogP contribution in [0.4, 0.5) is 28.4 Å². The third-order valence-corrected chi connectivity index (χ3v) is 9.61. The topological polar surface area (TPSA) is 52.0 Å². The zero-order chi connectivity index (χ0) is 33.4. The molecule has 4 heteroatoms. The van der Waals surface area contributed by atoms with Crippen molar-refractivity contribution in [3.63, 3.8) is 0 Å². The molecule has 1 aromatic heterocycles. The molecule has 0 saturated heterocycles. The number of rotatable bonds is 8. The number of pyridine rings is 1. The first-order valence-corrected chi connectivity index (χ1v) is 16.6. The van der Waals surface area contributed by atoms with Gasteiger partial charge >= 0.3 is 0 Å². The van der Waals surface area contributed by atoms with Crippen molar-refractivity contribution >= 4 is 34.1 Å². The van der Waals surface area contributed by atoms with Gasteiger partial charge < -0.3 is 10.2 Å². The second-order valence-electron chi connectivity index (χ2n) is 13.0. The Balaban J connectivity index is 1.12. The molecule has 0 radical (unpaired) electrons. The van der Waals surface area contributed by atoms with Crippen LogP contribution in [0.5, 0.6) is 0 Å². The summed E-state index contributed by atoms with van der Waals surface area (Å²) in [7, 11) is 0. The Bertz CT molecular complexity index is 2290. The largest absolute Gasteiger partial charge is 0.355 e. The maximum absolute atomic E-state index is 9.18. The van der Waals surface area contributed by atoms with Crippen LogP contribution < -0.4 is 10.2 Å². The number of aromatic nitrogens is 1. The Morgan fingerprint density at radius 2 is 1.24 bits per heavy atom. The van der Waals surface area contributed by atoms with Crippen molar-refractivity contribution in [2.45, 2.75) is 19.3 Å². The predicted octanol–water partition coefficient (Wildman–Crippen LogP) is 11.7. The molecule has 4 nitrogen and oxygen atoms in total. The molecule has 1 heterocycles. The Kier molecular flexibility index (Phi) is 7.62. The molecule has 6 aromatic carbocycles. The SMILES string of the molecule is CC1(C)c2ccccc2-c2cc(N(c3ccccc3)c3ccc(-c4cccc(C(=N)c5ccccc5Nc5ccncc5)c4)cc3)ccc21. The molecule has 0 bridgehead atoms. The van der Waals surface area contributed by atoms with Gasteiger partial charge in [-0.25, -0.2) is 0 Å². The molecule has 7 aromatic rings. The van der Waals surface area contributed by atoms with Crippen LogP contribution in [0.1, 0.15) is 36.1 Å². The number of hydrogen-bond donors (Lipinski definition) is 2. The van der Waals surface area contributed by atoms with Crippen molar-refractivity contribution in [3.05, 3.63) is 192 Å². The number of anilines is 5. The molecule has 0 atom stereocenters. The van der Waals surface area contributed by atoms with E-state index in [1.807, 2.05) is 48.5 Å². The van der Waals surface area contributed by atoms with Gasteiger partial charge in [0.1, 0.15) is 0 Å². The number of fused-ring (bicyclic) bond motifs is 3. The zero-order valence-corrected chi connectivity index (χ0v) is 27.6. The van der Waals surface area contributed by atoms with Crippen LogP contribution in [-0.4, -0.2) is 10.7 Å². The van der Waals surface area contributed by atoms with Crippen LogP contribution in [0.25, 0.3) is 22.3 Å². The summed E-state index contributed by atoms with van der Waals surface area (Å²) >= 11 is 0. The lowest BCUT2D eigenvalue weighted by Gasteiger charge is -2.27. The molecule has 2 N–H and O–H groups in total. The van der Waals surface area contributed by atoms with Gasteiger partial charge in [0.25, 0.3) is 0 Å². The first-order chi connectivity index (χ1) is 24.0. The van der Waals surface area contributed by atoms with Gasteiger partial charge in [-0.15, -0.1) is 0 Å². The number of nitrogens with zero attached hydrogens (tertiary/aromatic N) is 2. The normalized spacial score (nSPS) is 12.5. The number of nitrogens with one attached hydrogen (secondary N) is 2. The van der Waals surface area contributed by atoms with Crippen LogP contribution in [-0.2, 0) is 5.41 Å². The van der Waals surface area contributed by atoms with Gasteiger partial charge in [0, 0.05) is 57.4 Å². The summed E-state index contributed by atoms with van der Waals surface area (Å²) in [6, 6.07) is 55.1. The second-order valence-corrected chi connectivity index (χ2v) is 13.0. The summed E-state index contributed by atoms with van der Waals surface area (Å²) in [5.74, 6) is 0. The maximum atomic E-state index is 9.18. The summed E-state index contributed by atoms with van der Waals surface area (Å²) in [6.07, 6.45) is 3.52. The van der Waals surface area contributed by atoms with Crippen LogP contribution in [0.15, 0.2) is 170 Å². The quantitative estimate of drug-likeness (QED) is 0.164. The number of benzene rings is 6. The van der Waals surface area contributed by atoms with Crippen molar-refractivity contribution in [2.75, 3.05) is 10.2 Å². The van der Waals surface area contributed by atoms with E-state index in [-0.39, 0.29) is 5.41 Å². The smallest absolute Gasteiger partial charge is 0.0705 e. The summed E-state index contributed by atoms with van der Waals surface area (Å²) in [5.41, 5.74) is 14.8. The minimum absolute atomic E-state index is 0.0350. The van der Waals surface area contributed by atoms with Gasteiger partial charge in [0.05, 0.1) is 5.71 Å². The molecule has 0 saturated carbocycles. The molecule has 0 unspecified atom stereocenters. The molecule has 8 rings (SSSR count). The van der Waals surface area contributed by atoms with Gasteiger partial charge in [-0.2, -0.15) is 0 Å². The van der Waals surface area contributed by atoms with E-state index in [0.717, 1.165) is 50.7 Å². The summed E-state index contributed by atoms with van der Waals surface area (Å²) in [4.78, 5) is 6.45. The van der Waals surface area contributed by atoms with Gasteiger partial charge in [-0.05, 0) is 94.0 Å². The third kappa shape index (κ3) is 5.57. The molecule has 0 spiro atoms. The van der Waals surface area contributed by atoms with E-state index in [1.165, 1.54) is 22.3 Å². The minimum Gasteiger partial charge on any atom is -0.355 e. The lowest BCUT2D eigenvalue weighted by atomic mass is 9.82. The highest BCUT2D eigenvalue weighted by Crippen LogP contribution is 2.50. The Morgan fingerprint density at radius 3 is 2.06 bits per heavy atom.